The van der Waals surface area contributed by atoms with Gasteiger partial charge < -0.3 is 9.64 Å². The van der Waals surface area contributed by atoms with Crippen LogP contribution in [-0.4, -0.2) is 53.2 Å². The zero-order valence-electron chi connectivity index (χ0n) is 13.1. The molecule has 1 saturated heterocycles. The van der Waals surface area contributed by atoms with Crippen molar-refractivity contribution in [3.63, 3.8) is 0 Å². The number of carbonyl (C=O) groups is 1. The third-order valence-corrected chi connectivity index (χ3v) is 4.44. The van der Waals surface area contributed by atoms with Crippen molar-refractivity contribution in [1.29, 1.82) is 0 Å². The topological polar surface area (TPSA) is 32.8 Å². The monoisotopic (exact) mass is 280 g/mol. The molecule has 0 radical (unpaired) electrons. The molecule has 20 heavy (non-hydrogen) atoms. The van der Waals surface area contributed by atoms with Crippen LogP contribution in [0.15, 0.2) is 0 Å². The molecule has 1 atom stereocenters. The smallest absolute Gasteiger partial charge is 0.410 e. The van der Waals surface area contributed by atoms with E-state index < -0.39 is 0 Å². The summed E-state index contributed by atoms with van der Waals surface area (Å²) in [6.07, 6.45) is 6.55. The quantitative estimate of drug-likeness (QED) is 0.794. The summed E-state index contributed by atoms with van der Waals surface area (Å²) in [5.74, 6) is 0.642. The fourth-order valence-electron chi connectivity index (χ4n) is 3.18. The Bertz CT molecular complexity index is 357. The maximum atomic E-state index is 12.1. The molecule has 0 aromatic carbocycles. The van der Waals surface area contributed by atoms with Gasteiger partial charge in [-0.05, 0) is 58.8 Å². The standard InChI is InChI=1S/C16H28N2O2/c1-16(2,3)20-15(19)17-9-8-12(10-17)11-18(13-4-5-13)14-6-7-14/h12-14H,4-11H2,1-3H3/t12-/m0/s1. The fraction of sp³-hybridized carbons (Fsp3) is 0.938. The lowest BCUT2D eigenvalue weighted by Gasteiger charge is -2.26. The Morgan fingerprint density at radius 3 is 2.25 bits per heavy atom. The van der Waals surface area contributed by atoms with Gasteiger partial charge in [0.1, 0.15) is 5.60 Å². The van der Waals surface area contributed by atoms with Gasteiger partial charge in [0.05, 0.1) is 0 Å². The molecule has 0 aromatic heterocycles. The third-order valence-electron chi connectivity index (χ3n) is 4.44. The molecule has 0 unspecified atom stereocenters. The Balaban J connectivity index is 1.47. The highest BCUT2D eigenvalue weighted by Crippen LogP contribution is 2.38. The van der Waals surface area contributed by atoms with E-state index in [4.69, 9.17) is 4.74 Å². The number of likely N-dealkylation sites (tertiary alicyclic amines) is 1. The first-order valence-corrected chi connectivity index (χ1v) is 8.16. The molecule has 1 heterocycles. The maximum absolute atomic E-state index is 12.1. The minimum absolute atomic E-state index is 0.135. The van der Waals surface area contributed by atoms with E-state index in [1.165, 1.54) is 32.2 Å². The number of hydrogen-bond acceptors (Lipinski definition) is 3. The minimum atomic E-state index is -0.386. The fourth-order valence-corrected chi connectivity index (χ4v) is 3.18. The van der Waals surface area contributed by atoms with E-state index in [1.54, 1.807) is 0 Å². The summed E-state index contributed by atoms with van der Waals surface area (Å²) in [7, 11) is 0. The van der Waals surface area contributed by atoms with Crippen LogP contribution in [-0.2, 0) is 4.74 Å². The number of rotatable bonds is 4. The van der Waals surface area contributed by atoms with Crippen LogP contribution in [0.1, 0.15) is 52.9 Å². The van der Waals surface area contributed by atoms with E-state index in [0.717, 1.165) is 31.6 Å². The van der Waals surface area contributed by atoms with Gasteiger partial charge in [0.25, 0.3) is 0 Å². The van der Waals surface area contributed by atoms with Gasteiger partial charge >= 0.3 is 6.09 Å². The molecule has 0 N–H and O–H groups in total. The van der Waals surface area contributed by atoms with E-state index in [2.05, 4.69) is 4.90 Å². The van der Waals surface area contributed by atoms with Gasteiger partial charge in [0, 0.05) is 31.7 Å². The van der Waals surface area contributed by atoms with Gasteiger partial charge in [-0.1, -0.05) is 0 Å². The van der Waals surface area contributed by atoms with E-state index in [1.807, 2.05) is 25.7 Å². The third kappa shape index (κ3) is 3.66. The average Bonchev–Trinajstić information content (AvgIpc) is 3.24. The molecule has 4 nitrogen and oxygen atoms in total. The maximum Gasteiger partial charge on any atom is 0.410 e. The molecule has 0 bridgehead atoms. The Hall–Kier alpha value is -0.770. The zero-order chi connectivity index (χ0) is 14.3. The molecular formula is C16H28N2O2. The number of nitrogens with zero attached hydrogens (tertiary/aromatic N) is 2. The second-order valence-corrected chi connectivity index (χ2v) is 7.74. The summed E-state index contributed by atoms with van der Waals surface area (Å²) in [4.78, 5) is 16.7. The van der Waals surface area contributed by atoms with Crippen LogP contribution in [0.3, 0.4) is 0 Å². The summed E-state index contributed by atoms with van der Waals surface area (Å²) < 4.78 is 5.47. The van der Waals surface area contributed by atoms with Crippen molar-refractivity contribution in [3.05, 3.63) is 0 Å². The first-order chi connectivity index (χ1) is 9.42. The zero-order valence-corrected chi connectivity index (χ0v) is 13.1. The van der Waals surface area contributed by atoms with Gasteiger partial charge in [-0.15, -0.1) is 0 Å². The lowest BCUT2D eigenvalue weighted by molar-refractivity contribution is 0.0285. The summed E-state index contributed by atoms with van der Waals surface area (Å²) in [5, 5.41) is 0. The van der Waals surface area contributed by atoms with Crippen LogP contribution in [0.2, 0.25) is 0 Å². The molecule has 2 saturated carbocycles. The Morgan fingerprint density at radius 2 is 1.75 bits per heavy atom. The van der Waals surface area contributed by atoms with Crippen molar-refractivity contribution in [1.82, 2.24) is 9.80 Å². The van der Waals surface area contributed by atoms with E-state index in [9.17, 15) is 4.79 Å². The van der Waals surface area contributed by atoms with Crippen LogP contribution in [0.4, 0.5) is 4.79 Å². The highest BCUT2D eigenvalue weighted by Gasteiger charge is 2.41. The van der Waals surface area contributed by atoms with Crippen LogP contribution >= 0.6 is 0 Å². The Labute approximate surface area is 122 Å². The highest BCUT2D eigenvalue weighted by molar-refractivity contribution is 5.68. The van der Waals surface area contributed by atoms with Crippen LogP contribution < -0.4 is 0 Å². The molecule has 1 aliphatic heterocycles. The van der Waals surface area contributed by atoms with Crippen LogP contribution in [0, 0.1) is 5.92 Å². The average molecular weight is 280 g/mol. The van der Waals surface area contributed by atoms with E-state index >= 15 is 0 Å². The first kappa shape index (κ1) is 14.2. The van der Waals surface area contributed by atoms with Crippen molar-refractivity contribution >= 4 is 6.09 Å². The molecule has 0 aromatic rings. The lowest BCUT2D eigenvalue weighted by Crippen LogP contribution is -2.37. The summed E-state index contributed by atoms with van der Waals surface area (Å²) >= 11 is 0. The van der Waals surface area contributed by atoms with Crippen molar-refractivity contribution in [2.45, 2.75) is 70.6 Å². The minimum Gasteiger partial charge on any atom is -0.444 e. The molecule has 4 heteroatoms. The second-order valence-electron chi connectivity index (χ2n) is 7.74. The van der Waals surface area contributed by atoms with Gasteiger partial charge in [0.2, 0.25) is 0 Å². The normalized spacial score (nSPS) is 27.2. The molecule has 3 rings (SSSR count). The van der Waals surface area contributed by atoms with Gasteiger partial charge in [0.15, 0.2) is 0 Å². The first-order valence-electron chi connectivity index (χ1n) is 8.16. The number of hydrogen-bond donors (Lipinski definition) is 0. The van der Waals surface area contributed by atoms with Crippen LogP contribution in [0.5, 0.6) is 0 Å². The van der Waals surface area contributed by atoms with Gasteiger partial charge in [-0.2, -0.15) is 0 Å². The molecule has 3 fully saturated rings. The largest absolute Gasteiger partial charge is 0.444 e. The van der Waals surface area contributed by atoms with Crippen molar-refractivity contribution in [2.24, 2.45) is 5.92 Å². The summed E-state index contributed by atoms with van der Waals surface area (Å²) in [6, 6.07) is 1.72. The molecule has 0 spiro atoms. The second kappa shape index (κ2) is 5.21. The SMILES string of the molecule is CC(C)(C)OC(=O)N1CC[C@H](CN(C2CC2)C2CC2)C1. The Morgan fingerprint density at radius 1 is 1.15 bits per heavy atom. The van der Waals surface area contributed by atoms with Crippen LogP contribution in [0.25, 0.3) is 0 Å². The predicted octanol–water partition coefficient (Wildman–Crippen LogP) is 2.87. The Kier molecular flexibility index (Phi) is 3.69. The lowest BCUT2D eigenvalue weighted by atomic mass is 10.1. The van der Waals surface area contributed by atoms with Gasteiger partial charge in [-0.3, -0.25) is 4.90 Å². The van der Waals surface area contributed by atoms with Crippen molar-refractivity contribution < 1.29 is 9.53 Å². The summed E-state index contributed by atoms with van der Waals surface area (Å²) in [5.41, 5.74) is -0.386. The molecular weight excluding hydrogens is 252 g/mol. The number of amides is 1. The molecule has 114 valence electrons. The molecule has 3 aliphatic rings. The van der Waals surface area contributed by atoms with E-state index in [0.29, 0.717) is 5.92 Å². The predicted molar refractivity (Wildman–Crippen MR) is 78.7 cm³/mol. The van der Waals surface area contributed by atoms with Crippen molar-refractivity contribution in [3.8, 4) is 0 Å². The number of carbonyl (C=O) groups excluding carboxylic acids is 1. The molecule has 2 aliphatic carbocycles. The van der Waals surface area contributed by atoms with E-state index in [-0.39, 0.29) is 11.7 Å². The van der Waals surface area contributed by atoms with Crippen molar-refractivity contribution in [2.75, 3.05) is 19.6 Å². The van der Waals surface area contributed by atoms with Gasteiger partial charge in [-0.25, -0.2) is 4.79 Å². The number of ether oxygens (including phenoxy) is 1. The molecule has 1 amide bonds. The summed E-state index contributed by atoms with van der Waals surface area (Å²) in [6.45, 7) is 8.73. The highest BCUT2D eigenvalue weighted by atomic mass is 16.6.